The second-order valence-corrected chi connectivity index (χ2v) is 7.90. The number of phenolic OH excluding ortho intramolecular Hbond substituents is 1. The molecule has 0 fully saturated rings. The molecule has 0 bridgehead atoms. The lowest BCUT2D eigenvalue weighted by molar-refractivity contribution is 0.340. The zero-order valence-corrected chi connectivity index (χ0v) is 17.9. The van der Waals surface area contributed by atoms with E-state index in [9.17, 15) is 5.11 Å². The van der Waals surface area contributed by atoms with E-state index in [1.165, 1.54) is 19.8 Å². The minimum Gasteiger partial charge on any atom is -0.502 e. The Bertz CT molecular complexity index is 1070. The molecule has 0 atom stereocenters. The molecule has 152 valence electrons. The van der Waals surface area contributed by atoms with Gasteiger partial charge in [-0.1, -0.05) is 45.0 Å². The third kappa shape index (κ3) is 4.32. The second-order valence-electron chi connectivity index (χ2n) is 7.51. The molecule has 0 saturated carbocycles. The summed E-state index contributed by atoms with van der Waals surface area (Å²) in [6.07, 6.45) is 1.60. The van der Waals surface area contributed by atoms with Crippen molar-refractivity contribution in [3.63, 3.8) is 0 Å². The molecule has 8 heteroatoms. The summed E-state index contributed by atoms with van der Waals surface area (Å²) in [4.78, 5) is 0. The van der Waals surface area contributed by atoms with Gasteiger partial charge >= 0.3 is 0 Å². The predicted octanol–water partition coefficient (Wildman–Crippen LogP) is 4.51. The Balaban J connectivity index is 1.98. The van der Waals surface area contributed by atoms with E-state index in [4.69, 9.17) is 21.7 Å². The van der Waals surface area contributed by atoms with Crippen LogP contribution in [0.1, 0.15) is 31.9 Å². The number of aromatic hydroxyl groups is 1. The van der Waals surface area contributed by atoms with Gasteiger partial charge in [0.05, 0.1) is 20.4 Å². The van der Waals surface area contributed by atoms with E-state index >= 15 is 0 Å². The molecule has 0 radical (unpaired) electrons. The van der Waals surface area contributed by atoms with E-state index in [1.807, 2.05) is 12.1 Å². The quantitative estimate of drug-likeness (QED) is 0.476. The maximum atomic E-state index is 10.1. The Labute approximate surface area is 174 Å². The molecule has 0 saturated heterocycles. The van der Waals surface area contributed by atoms with Gasteiger partial charge in [-0.15, -0.1) is 0 Å². The molecule has 0 aliphatic rings. The summed E-state index contributed by atoms with van der Waals surface area (Å²) in [5.41, 5.74) is 2.86. The summed E-state index contributed by atoms with van der Waals surface area (Å²) in [6, 6.07) is 11.5. The topological polar surface area (TPSA) is 84.7 Å². The van der Waals surface area contributed by atoms with Crippen LogP contribution in [0.15, 0.2) is 41.5 Å². The third-order valence-corrected chi connectivity index (χ3v) is 4.75. The fourth-order valence-electron chi connectivity index (χ4n) is 2.82. The number of rotatable bonds is 5. The van der Waals surface area contributed by atoms with Crippen LogP contribution in [0.25, 0.3) is 11.4 Å². The van der Waals surface area contributed by atoms with Crippen molar-refractivity contribution in [2.75, 3.05) is 14.2 Å². The molecular weight excluding hydrogens is 388 g/mol. The van der Waals surface area contributed by atoms with Gasteiger partial charge in [0.1, 0.15) is 0 Å². The lowest BCUT2D eigenvalue weighted by Gasteiger charge is -2.18. The normalized spacial score (nSPS) is 11.8. The minimum atomic E-state index is -0.0632. The van der Waals surface area contributed by atoms with E-state index in [-0.39, 0.29) is 11.2 Å². The van der Waals surface area contributed by atoms with Crippen molar-refractivity contribution in [1.82, 2.24) is 14.9 Å². The first-order chi connectivity index (χ1) is 13.7. The zero-order chi connectivity index (χ0) is 21.2. The molecule has 0 amide bonds. The summed E-state index contributed by atoms with van der Waals surface area (Å²) in [5, 5.41) is 21.6. The highest BCUT2D eigenvalue weighted by Crippen LogP contribution is 2.36. The van der Waals surface area contributed by atoms with Crippen LogP contribution in [0.4, 0.5) is 0 Å². The summed E-state index contributed by atoms with van der Waals surface area (Å²) >= 11 is 5.33. The van der Waals surface area contributed by atoms with E-state index in [0.717, 1.165) is 5.56 Å². The van der Waals surface area contributed by atoms with Gasteiger partial charge in [-0.2, -0.15) is 14.9 Å². The molecule has 0 aliphatic carbocycles. The van der Waals surface area contributed by atoms with Crippen molar-refractivity contribution in [3.05, 3.63) is 52.3 Å². The molecule has 3 aromatic rings. The van der Waals surface area contributed by atoms with Crippen molar-refractivity contribution < 1.29 is 14.6 Å². The van der Waals surface area contributed by atoms with Crippen LogP contribution in [-0.4, -0.2) is 40.4 Å². The number of aromatic nitrogens is 3. The predicted molar refractivity (Wildman–Crippen MR) is 116 cm³/mol. The molecule has 7 nitrogen and oxygen atoms in total. The summed E-state index contributed by atoms with van der Waals surface area (Å²) in [5.74, 6) is 1.12. The third-order valence-electron chi connectivity index (χ3n) is 4.48. The van der Waals surface area contributed by atoms with Crippen LogP contribution in [-0.2, 0) is 5.41 Å². The molecule has 2 N–H and O–H groups in total. The first kappa shape index (κ1) is 20.6. The van der Waals surface area contributed by atoms with Crippen LogP contribution in [0.2, 0.25) is 0 Å². The number of ether oxygens (including phenoxy) is 2. The fourth-order valence-corrected chi connectivity index (χ4v) is 3.00. The van der Waals surface area contributed by atoms with E-state index in [1.54, 1.807) is 23.0 Å². The SMILES string of the molecule is COc1cc(/C=N\n2c(-c3ccc(C(C)(C)C)cc3)n[nH]c2=S)cc(OC)c1O. The average molecular weight is 413 g/mol. The van der Waals surface area contributed by atoms with Gasteiger partial charge in [0, 0.05) is 11.1 Å². The number of hydrogen-bond donors (Lipinski definition) is 2. The van der Waals surface area contributed by atoms with Crippen molar-refractivity contribution in [2.45, 2.75) is 26.2 Å². The highest BCUT2D eigenvalue weighted by Gasteiger charge is 2.15. The number of H-pyrrole nitrogens is 1. The van der Waals surface area contributed by atoms with Crippen LogP contribution in [0.5, 0.6) is 17.2 Å². The van der Waals surface area contributed by atoms with E-state index in [2.05, 4.69) is 48.2 Å². The highest BCUT2D eigenvalue weighted by molar-refractivity contribution is 7.71. The maximum Gasteiger partial charge on any atom is 0.216 e. The van der Waals surface area contributed by atoms with Gasteiger partial charge in [0.2, 0.25) is 10.5 Å². The fraction of sp³-hybridized carbons (Fsp3) is 0.286. The lowest BCUT2D eigenvalue weighted by Crippen LogP contribution is -2.10. The standard InChI is InChI=1S/C21H24N4O3S/c1-21(2,3)15-8-6-14(7-9-15)19-23-24-20(29)25(19)22-12-13-10-16(27-4)18(26)17(11-13)28-5/h6-12,26H,1-5H3,(H,24,29)/b22-12-. The Kier molecular flexibility index (Phi) is 5.74. The number of nitrogens with one attached hydrogen (secondary N) is 1. The zero-order valence-electron chi connectivity index (χ0n) is 17.1. The number of hydrogen-bond acceptors (Lipinski definition) is 6. The van der Waals surface area contributed by atoms with Crippen LogP contribution in [0, 0.1) is 4.77 Å². The van der Waals surface area contributed by atoms with Gasteiger partial charge in [-0.3, -0.25) is 0 Å². The molecule has 3 rings (SSSR count). The van der Waals surface area contributed by atoms with Crippen molar-refractivity contribution in [3.8, 4) is 28.6 Å². The number of nitrogens with zero attached hydrogens (tertiary/aromatic N) is 3. The second kappa shape index (κ2) is 8.08. The first-order valence-corrected chi connectivity index (χ1v) is 9.43. The molecule has 1 heterocycles. The van der Waals surface area contributed by atoms with Gasteiger partial charge in [-0.05, 0) is 35.3 Å². The Morgan fingerprint density at radius 3 is 2.21 bits per heavy atom. The van der Waals surface area contributed by atoms with Crippen LogP contribution in [0.3, 0.4) is 0 Å². The smallest absolute Gasteiger partial charge is 0.216 e. The van der Waals surface area contributed by atoms with Crippen LogP contribution >= 0.6 is 12.2 Å². The summed E-state index contributed by atoms with van der Waals surface area (Å²) in [7, 11) is 2.95. The van der Waals surface area contributed by atoms with E-state index < -0.39 is 0 Å². The molecule has 1 aromatic heterocycles. The first-order valence-electron chi connectivity index (χ1n) is 9.02. The van der Waals surface area contributed by atoms with Crippen molar-refractivity contribution >= 4 is 18.4 Å². The van der Waals surface area contributed by atoms with Crippen LogP contribution < -0.4 is 9.47 Å². The number of benzene rings is 2. The Hall–Kier alpha value is -3.13. The van der Waals surface area contributed by atoms with E-state index in [0.29, 0.717) is 27.7 Å². The Morgan fingerprint density at radius 2 is 1.69 bits per heavy atom. The molecule has 29 heavy (non-hydrogen) atoms. The summed E-state index contributed by atoms with van der Waals surface area (Å²) < 4.78 is 12.3. The number of methoxy groups -OCH3 is 2. The number of aromatic amines is 1. The lowest BCUT2D eigenvalue weighted by atomic mass is 9.87. The summed E-state index contributed by atoms with van der Waals surface area (Å²) in [6.45, 7) is 6.51. The molecule has 0 unspecified atom stereocenters. The van der Waals surface area contributed by atoms with Gasteiger partial charge in [0.15, 0.2) is 17.3 Å². The average Bonchev–Trinajstić information content (AvgIpc) is 3.07. The molecule has 0 aliphatic heterocycles. The molecule has 0 spiro atoms. The molecular formula is C21H24N4O3S. The Morgan fingerprint density at radius 1 is 1.10 bits per heavy atom. The van der Waals surface area contributed by atoms with Gasteiger partial charge < -0.3 is 14.6 Å². The maximum absolute atomic E-state index is 10.1. The highest BCUT2D eigenvalue weighted by atomic mass is 32.1. The van der Waals surface area contributed by atoms with Crippen molar-refractivity contribution in [2.24, 2.45) is 5.10 Å². The number of phenols is 1. The van der Waals surface area contributed by atoms with Gasteiger partial charge in [-0.25, -0.2) is 5.10 Å². The molecule has 2 aromatic carbocycles. The van der Waals surface area contributed by atoms with Gasteiger partial charge in [0.25, 0.3) is 0 Å². The van der Waals surface area contributed by atoms with Crippen molar-refractivity contribution in [1.29, 1.82) is 0 Å². The monoisotopic (exact) mass is 412 g/mol. The largest absolute Gasteiger partial charge is 0.502 e. The minimum absolute atomic E-state index is 0.0632.